The number of aryl methyl sites for hydroxylation is 1. The van der Waals surface area contributed by atoms with E-state index in [9.17, 15) is 9.59 Å². The van der Waals surface area contributed by atoms with E-state index < -0.39 is 5.97 Å². The van der Waals surface area contributed by atoms with Crippen molar-refractivity contribution in [3.8, 4) is 0 Å². The highest BCUT2D eigenvalue weighted by Gasteiger charge is 2.09. The maximum atomic E-state index is 11.9. The number of anilines is 1. The van der Waals surface area contributed by atoms with E-state index in [-0.39, 0.29) is 25.3 Å². The molecule has 8 heteroatoms. The summed E-state index contributed by atoms with van der Waals surface area (Å²) in [5.41, 5.74) is 1.05. The highest BCUT2D eigenvalue weighted by Crippen LogP contribution is 2.20. The molecule has 0 aliphatic heterocycles. The molecule has 1 amide bonds. The second kappa shape index (κ2) is 6.85. The molecule has 0 fully saturated rings. The van der Waals surface area contributed by atoms with Gasteiger partial charge in [-0.25, -0.2) is 4.68 Å². The average Bonchev–Trinajstić information content (AvgIpc) is 2.86. The molecule has 7 nitrogen and oxygen atoms in total. The molecule has 0 aliphatic rings. The van der Waals surface area contributed by atoms with E-state index in [1.54, 1.807) is 30.5 Å². The number of rotatable bonds is 6. The predicted molar refractivity (Wildman–Crippen MR) is 76.1 cm³/mol. The third kappa shape index (κ3) is 4.57. The molecule has 0 bridgehead atoms. The van der Waals surface area contributed by atoms with Crippen molar-refractivity contribution in [1.29, 1.82) is 0 Å². The van der Waals surface area contributed by atoms with Gasteiger partial charge in [0.25, 0.3) is 0 Å². The van der Waals surface area contributed by atoms with E-state index in [0.29, 0.717) is 16.4 Å². The summed E-state index contributed by atoms with van der Waals surface area (Å²) in [5, 5.41) is 19.3. The lowest BCUT2D eigenvalue weighted by molar-refractivity contribution is -0.137. The molecule has 110 valence electrons. The van der Waals surface area contributed by atoms with Gasteiger partial charge in [0.15, 0.2) is 0 Å². The minimum atomic E-state index is -0.902. The van der Waals surface area contributed by atoms with Crippen molar-refractivity contribution < 1.29 is 14.7 Å². The van der Waals surface area contributed by atoms with Crippen LogP contribution in [0.2, 0.25) is 5.02 Å². The molecule has 0 saturated carbocycles. The van der Waals surface area contributed by atoms with E-state index >= 15 is 0 Å². The molecular formula is C13H13ClN4O3. The molecule has 2 rings (SSSR count). The first-order chi connectivity index (χ1) is 10.0. The summed E-state index contributed by atoms with van der Waals surface area (Å²) >= 11 is 5.94. The number of aliphatic carboxylic acids is 1. The predicted octanol–water partition coefficient (Wildman–Crippen LogP) is 1.59. The number of halogens is 1. The summed E-state index contributed by atoms with van der Waals surface area (Å²) in [6.07, 6.45) is 1.81. The monoisotopic (exact) mass is 308 g/mol. The van der Waals surface area contributed by atoms with Crippen molar-refractivity contribution in [2.24, 2.45) is 0 Å². The van der Waals surface area contributed by atoms with Crippen LogP contribution >= 0.6 is 11.6 Å². The fourth-order valence-electron chi connectivity index (χ4n) is 1.66. The summed E-state index contributed by atoms with van der Waals surface area (Å²) in [4.78, 5) is 22.3. The fraction of sp³-hybridized carbons (Fsp3) is 0.231. The highest BCUT2D eigenvalue weighted by atomic mass is 35.5. The van der Waals surface area contributed by atoms with Gasteiger partial charge in [-0.2, -0.15) is 0 Å². The van der Waals surface area contributed by atoms with Gasteiger partial charge in [-0.15, -0.1) is 5.10 Å². The van der Waals surface area contributed by atoms with Crippen LogP contribution in [0.15, 0.2) is 30.5 Å². The Balaban J connectivity index is 1.91. The number of hydrogen-bond donors (Lipinski definition) is 2. The number of benzene rings is 1. The van der Waals surface area contributed by atoms with Crippen LogP contribution in [-0.2, 0) is 22.6 Å². The van der Waals surface area contributed by atoms with Crippen LogP contribution in [0, 0.1) is 0 Å². The largest absolute Gasteiger partial charge is 0.481 e. The summed E-state index contributed by atoms with van der Waals surface area (Å²) in [7, 11) is 0. The Morgan fingerprint density at radius 1 is 1.33 bits per heavy atom. The minimum Gasteiger partial charge on any atom is -0.481 e. The number of carbonyl (C=O) groups excluding carboxylic acids is 1. The molecule has 0 unspecified atom stereocenters. The average molecular weight is 309 g/mol. The van der Waals surface area contributed by atoms with Gasteiger partial charge in [0.1, 0.15) is 6.54 Å². The van der Waals surface area contributed by atoms with Crippen molar-refractivity contribution in [1.82, 2.24) is 15.0 Å². The number of nitrogens with zero attached hydrogens (tertiary/aromatic N) is 3. The Morgan fingerprint density at radius 2 is 2.10 bits per heavy atom. The number of amides is 1. The first-order valence-electron chi connectivity index (χ1n) is 6.20. The van der Waals surface area contributed by atoms with Gasteiger partial charge in [-0.3, -0.25) is 9.59 Å². The van der Waals surface area contributed by atoms with Gasteiger partial charge in [-0.05, 0) is 12.1 Å². The van der Waals surface area contributed by atoms with Gasteiger partial charge in [-0.1, -0.05) is 28.9 Å². The van der Waals surface area contributed by atoms with Crippen LogP contribution in [-0.4, -0.2) is 32.0 Å². The Labute approximate surface area is 125 Å². The SMILES string of the molecule is O=C(O)CCc1cn(CC(=O)Nc2ccccc2Cl)nn1. The zero-order valence-electron chi connectivity index (χ0n) is 11.0. The summed E-state index contributed by atoms with van der Waals surface area (Å²) in [5.74, 6) is -1.20. The van der Waals surface area contributed by atoms with Crippen molar-refractivity contribution >= 4 is 29.2 Å². The first-order valence-corrected chi connectivity index (χ1v) is 6.57. The lowest BCUT2D eigenvalue weighted by Crippen LogP contribution is -2.19. The van der Waals surface area contributed by atoms with Crippen LogP contribution in [0.25, 0.3) is 0 Å². The number of aromatic nitrogens is 3. The van der Waals surface area contributed by atoms with Crippen LogP contribution < -0.4 is 5.32 Å². The maximum absolute atomic E-state index is 11.9. The number of carboxylic acids is 1. The third-order valence-electron chi connectivity index (χ3n) is 2.63. The van der Waals surface area contributed by atoms with E-state index in [0.717, 1.165) is 0 Å². The number of hydrogen-bond acceptors (Lipinski definition) is 4. The van der Waals surface area contributed by atoms with Crippen molar-refractivity contribution in [3.63, 3.8) is 0 Å². The van der Waals surface area contributed by atoms with Crippen LogP contribution in [0.5, 0.6) is 0 Å². The minimum absolute atomic E-state index is 0.0225. The van der Waals surface area contributed by atoms with E-state index in [2.05, 4.69) is 15.6 Å². The van der Waals surface area contributed by atoms with Gasteiger partial charge >= 0.3 is 5.97 Å². The van der Waals surface area contributed by atoms with Crippen LogP contribution in [0.1, 0.15) is 12.1 Å². The molecule has 0 atom stereocenters. The molecule has 2 aromatic rings. The fourth-order valence-corrected chi connectivity index (χ4v) is 1.85. The van der Waals surface area contributed by atoms with Gasteiger partial charge in [0.05, 0.1) is 22.8 Å². The van der Waals surface area contributed by atoms with E-state index in [1.165, 1.54) is 4.68 Å². The number of para-hydroxylation sites is 1. The molecule has 0 saturated heterocycles. The molecular weight excluding hydrogens is 296 g/mol. The van der Waals surface area contributed by atoms with Gasteiger partial charge in [0, 0.05) is 12.6 Å². The van der Waals surface area contributed by atoms with Crippen molar-refractivity contribution in [2.75, 3.05) is 5.32 Å². The molecule has 0 radical (unpaired) electrons. The molecule has 2 N–H and O–H groups in total. The van der Waals surface area contributed by atoms with Crippen LogP contribution in [0.4, 0.5) is 5.69 Å². The number of nitrogens with one attached hydrogen (secondary N) is 1. The Kier molecular flexibility index (Phi) is 4.89. The van der Waals surface area contributed by atoms with Crippen LogP contribution in [0.3, 0.4) is 0 Å². The Hall–Kier alpha value is -2.41. The molecule has 0 aliphatic carbocycles. The Bertz CT molecular complexity index is 656. The molecule has 1 heterocycles. The second-order valence-electron chi connectivity index (χ2n) is 4.33. The van der Waals surface area contributed by atoms with Gasteiger partial charge < -0.3 is 10.4 Å². The normalized spacial score (nSPS) is 10.3. The second-order valence-corrected chi connectivity index (χ2v) is 4.74. The van der Waals surface area contributed by atoms with Crippen molar-refractivity contribution in [2.45, 2.75) is 19.4 Å². The molecule has 1 aromatic heterocycles. The molecule has 1 aromatic carbocycles. The van der Waals surface area contributed by atoms with E-state index in [1.807, 2.05) is 0 Å². The summed E-state index contributed by atoms with van der Waals surface area (Å²) in [6.45, 7) is -0.0225. The van der Waals surface area contributed by atoms with E-state index in [4.69, 9.17) is 16.7 Å². The zero-order valence-corrected chi connectivity index (χ0v) is 11.7. The highest BCUT2D eigenvalue weighted by molar-refractivity contribution is 6.33. The topological polar surface area (TPSA) is 97.1 Å². The standard InChI is InChI=1S/C13H13ClN4O3/c14-10-3-1-2-4-11(10)15-12(19)8-18-7-9(16-17-18)5-6-13(20)21/h1-4,7H,5-6,8H2,(H,15,19)(H,20,21). The summed E-state index contributed by atoms with van der Waals surface area (Å²) in [6, 6.07) is 6.90. The lowest BCUT2D eigenvalue weighted by Gasteiger charge is -2.06. The zero-order chi connectivity index (χ0) is 15.2. The first kappa shape index (κ1) is 15.0. The number of carbonyl (C=O) groups is 2. The third-order valence-corrected chi connectivity index (χ3v) is 2.96. The maximum Gasteiger partial charge on any atom is 0.303 e. The van der Waals surface area contributed by atoms with Gasteiger partial charge in [0.2, 0.25) is 5.91 Å². The summed E-state index contributed by atoms with van der Waals surface area (Å²) < 4.78 is 1.35. The quantitative estimate of drug-likeness (QED) is 0.844. The lowest BCUT2D eigenvalue weighted by atomic mass is 10.2. The number of carboxylic acid groups (broad SMARTS) is 1. The smallest absolute Gasteiger partial charge is 0.303 e. The van der Waals surface area contributed by atoms with Crippen molar-refractivity contribution in [3.05, 3.63) is 41.2 Å². The molecule has 21 heavy (non-hydrogen) atoms. The Morgan fingerprint density at radius 3 is 2.81 bits per heavy atom. The molecule has 0 spiro atoms.